The Morgan fingerprint density at radius 3 is 2.78 bits per heavy atom. The van der Waals surface area contributed by atoms with Gasteiger partial charge in [0.2, 0.25) is 0 Å². The van der Waals surface area contributed by atoms with E-state index < -0.39 is 0 Å². The molecule has 3 rings (SSSR count). The molecule has 4 heteroatoms. The van der Waals surface area contributed by atoms with Crippen LogP contribution in [-0.4, -0.2) is 21.0 Å². The van der Waals surface area contributed by atoms with Crippen molar-refractivity contribution in [3.05, 3.63) is 41.5 Å². The van der Waals surface area contributed by atoms with Gasteiger partial charge >= 0.3 is 0 Å². The lowest BCUT2D eigenvalue weighted by Crippen LogP contribution is -2.17. The fourth-order valence-corrected chi connectivity index (χ4v) is 3.03. The Hall–Kier alpha value is -1.29. The number of aromatic nitrogens is 3. The Morgan fingerprint density at radius 2 is 2.06 bits per heavy atom. The van der Waals surface area contributed by atoms with E-state index in [0.29, 0.717) is 5.92 Å². The Balaban J connectivity index is 1.97. The molecule has 0 saturated heterocycles. The molecule has 2 aromatic rings. The molecule has 1 aliphatic heterocycles. The second-order valence-corrected chi connectivity index (χ2v) is 5.59. The molecule has 0 radical (unpaired) electrons. The first kappa shape index (κ1) is 11.8. The number of hydrogen-bond acceptors (Lipinski definition) is 3. The minimum Gasteiger partial charge on any atom is -0.249 e. The summed E-state index contributed by atoms with van der Waals surface area (Å²) in [5.74, 6) is 2.43. The van der Waals surface area contributed by atoms with Gasteiger partial charge in [-0.1, -0.05) is 12.1 Å². The normalized spacial score (nSPS) is 18.7. The van der Waals surface area contributed by atoms with Gasteiger partial charge in [-0.05, 0) is 43.7 Å². The van der Waals surface area contributed by atoms with E-state index in [1.807, 2.05) is 6.92 Å². The molecule has 0 aliphatic carbocycles. The van der Waals surface area contributed by atoms with E-state index in [-0.39, 0.29) is 0 Å². The number of benzene rings is 1. The summed E-state index contributed by atoms with van der Waals surface area (Å²) in [6.45, 7) is 2.98. The molecule has 0 fully saturated rings. The van der Waals surface area contributed by atoms with Crippen LogP contribution in [0.3, 0.4) is 0 Å². The van der Waals surface area contributed by atoms with Crippen molar-refractivity contribution in [2.24, 2.45) is 0 Å². The van der Waals surface area contributed by atoms with Crippen LogP contribution in [0.15, 0.2) is 29.2 Å². The third kappa shape index (κ3) is 2.05. The maximum Gasteiger partial charge on any atom is 0.147 e. The van der Waals surface area contributed by atoms with Crippen molar-refractivity contribution in [1.29, 1.82) is 0 Å². The van der Waals surface area contributed by atoms with Gasteiger partial charge in [-0.2, -0.15) is 5.10 Å². The van der Waals surface area contributed by atoms with Gasteiger partial charge in [0, 0.05) is 17.4 Å². The second-order valence-electron chi connectivity index (χ2n) is 4.71. The lowest BCUT2D eigenvalue weighted by atomic mass is 9.91. The van der Waals surface area contributed by atoms with Crippen molar-refractivity contribution in [3.63, 3.8) is 0 Å². The van der Waals surface area contributed by atoms with Crippen LogP contribution in [0, 0.1) is 6.92 Å². The highest BCUT2D eigenvalue weighted by atomic mass is 32.2. The average molecular weight is 259 g/mol. The van der Waals surface area contributed by atoms with E-state index >= 15 is 0 Å². The van der Waals surface area contributed by atoms with Crippen LogP contribution >= 0.6 is 11.8 Å². The van der Waals surface area contributed by atoms with Crippen LogP contribution < -0.4 is 0 Å². The number of fused-ring (bicyclic) bond motifs is 1. The van der Waals surface area contributed by atoms with Gasteiger partial charge < -0.3 is 0 Å². The van der Waals surface area contributed by atoms with E-state index in [1.54, 1.807) is 11.8 Å². The van der Waals surface area contributed by atoms with Crippen LogP contribution in [0.2, 0.25) is 0 Å². The zero-order valence-corrected chi connectivity index (χ0v) is 11.6. The highest BCUT2D eigenvalue weighted by Crippen LogP contribution is 2.32. The molecule has 1 aromatic heterocycles. The van der Waals surface area contributed by atoms with E-state index in [4.69, 9.17) is 0 Å². The summed E-state index contributed by atoms with van der Waals surface area (Å²) in [6.07, 6.45) is 4.47. The van der Waals surface area contributed by atoms with Gasteiger partial charge in [0.15, 0.2) is 0 Å². The van der Waals surface area contributed by atoms with Crippen LogP contribution in [0.1, 0.15) is 36.0 Å². The third-order valence-electron chi connectivity index (χ3n) is 3.50. The molecule has 0 bridgehead atoms. The minimum atomic E-state index is 0.413. The molecule has 1 aromatic carbocycles. The third-order valence-corrected chi connectivity index (χ3v) is 4.24. The molecule has 1 aliphatic rings. The molecule has 2 heterocycles. The van der Waals surface area contributed by atoms with Gasteiger partial charge in [0.25, 0.3) is 0 Å². The van der Waals surface area contributed by atoms with Crippen molar-refractivity contribution >= 4 is 11.8 Å². The van der Waals surface area contributed by atoms with Gasteiger partial charge in [-0.3, -0.25) is 0 Å². The van der Waals surface area contributed by atoms with Crippen molar-refractivity contribution in [2.75, 3.05) is 6.26 Å². The smallest absolute Gasteiger partial charge is 0.147 e. The average Bonchev–Trinajstić information content (AvgIpc) is 2.79. The van der Waals surface area contributed by atoms with Gasteiger partial charge in [-0.25, -0.2) is 9.67 Å². The van der Waals surface area contributed by atoms with Crippen LogP contribution in [0.5, 0.6) is 0 Å². The summed E-state index contributed by atoms with van der Waals surface area (Å²) in [4.78, 5) is 5.91. The molecule has 18 heavy (non-hydrogen) atoms. The number of rotatable bonds is 2. The summed E-state index contributed by atoms with van der Waals surface area (Å²) >= 11 is 1.78. The monoisotopic (exact) mass is 259 g/mol. The number of nitrogens with zero attached hydrogens (tertiary/aromatic N) is 3. The minimum absolute atomic E-state index is 0.413. The van der Waals surface area contributed by atoms with E-state index in [0.717, 1.165) is 18.2 Å². The first-order valence-corrected chi connectivity index (χ1v) is 7.55. The zero-order valence-electron chi connectivity index (χ0n) is 10.8. The highest BCUT2D eigenvalue weighted by Gasteiger charge is 2.24. The molecule has 94 valence electrons. The SMILES string of the molecule is CSc1ccc([C@@H]2CCCn3nc(C)nc32)cc1. The summed E-state index contributed by atoms with van der Waals surface area (Å²) < 4.78 is 2.08. The quantitative estimate of drug-likeness (QED) is 0.776. The molecule has 0 unspecified atom stereocenters. The Morgan fingerprint density at radius 1 is 1.28 bits per heavy atom. The van der Waals surface area contributed by atoms with E-state index in [2.05, 4.69) is 45.3 Å². The Labute approximate surface area is 112 Å². The maximum absolute atomic E-state index is 4.60. The molecule has 3 nitrogen and oxygen atoms in total. The fourth-order valence-electron chi connectivity index (χ4n) is 2.62. The van der Waals surface area contributed by atoms with Gasteiger partial charge in [-0.15, -0.1) is 11.8 Å². The molecule has 0 spiro atoms. The number of thioether (sulfide) groups is 1. The lowest BCUT2D eigenvalue weighted by molar-refractivity contribution is 0.445. The summed E-state index contributed by atoms with van der Waals surface area (Å²) in [5, 5.41) is 4.46. The predicted octanol–water partition coefficient (Wildman–Crippen LogP) is 3.23. The molecule has 1 atom stereocenters. The predicted molar refractivity (Wildman–Crippen MR) is 74.1 cm³/mol. The lowest BCUT2D eigenvalue weighted by Gasteiger charge is -2.22. The number of aryl methyl sites for hydroxylation is 2. The fraction of sp³-hybridized carbons (Fsp3) is 0.429. The second kappa shape index (κ2) is 4.76. The first-order valence-electron chi connectivity index (χ1n) is 6.33. The summed E-state index contributed by atoms with van der Waals surface area (Å²) in [5.41, 5.74) is 1.36. The van der Waals surface area contributed by atoms with Crippen molar-refractivity contribution in [2.45, 2.75) is 37.1 Å². The van der Waals surface area contributed by atoms with Crippen molar-refractivity contribution < 1.29 is 0 Å². The largest absolute Gasteiger partial charge is 0.249 e. The first-order chi connectivity index (χ1) is 8.78. The van der Waals surface area contributed by atoms with Crippen LogP contribution in [0.25, 0.3) is 0 Å². The van der Waals surface area contributed by atoms with Crippen LogP contribution in [0.4, 0.5) is 0 Å². The molecule has 0 N–H and O–H groups in total. The van der Waals surface area contributed by atoms with Crippen molar-refractivity contribution in [3.8, 4) is 0 Å². The maximum atomic E-state index is 4.60. The topological polar surface area (TPSA) is 30.7 Å². The molecule has 0 amide bonds. The van der Waals surface area contributed by atoms with Crippen molar-refractivity contribution in [1.82, 2.24) is 14.8 Å². The molecular formula is C14H17N3S. The Bertz CT molecular complexity index is 545. The van der Waals surface area contributed by atoms with Gasteiger partial charge in [0.1, 0.15) is 11.6 Å². The zero-order chi connectivity index (χ0) is 12.5. The molecule has 0 saturated carbocycles. The van der Waals surface area contributed by atoms with Gasteiger partial charge in [0.05, 0.1) is 0 Å². The standard InChI is InChI=1S/C14H17N3S/c1-10-15-14-13(4-3-9-17(14)16-10)11-5-7-12(18-2)8-6-11/h5-8,13H,3-4,9H2,1-2H3/t13-/m0/s1. The van der Waals surface area contributed by atoms with Crippen LogP contribution in [-0.2, 0) is 6.54 Å². The summed E-state index contributed by atoms with van der Waals surface area (Å²) in [7, 11) is 0. The van der Waals surface area contributed by atoms with E-state index in [9.17, 15) is 0 Å². The number of hydrogen-bond donors (Lipinski definition) is 0. The Kier molecular flexibility index (Phi) is 3.12. The molecular weight excluding hydrogens is 242 g/mol. The highest BCUT2D eigenvalue weighted by molar-refractivity contribution is 7.98. The summed E-state index contributed by atoms with van der Waals surface area (Å²) in [6, 6.07) is 8.86. The van der Waals surface area contributed by atoms with E-state index in [1.165, 1.54) is 23.3 Å².